The lowest BCUT2D eigenvalue weighted by molar-refractivity contribution is -0.135. The maximum atomic E-state index is 12.0. The maximum absolute atomic E-state index is 12.0. The maximum Gasteiger partial charge on any atom is 0.337 e. The molecule has 0 amide bonds. The molecule has 0 bridgehead atoms. The van der Waals surface area contributed by atoms with Crippen LogP contribution >= 0.6 is 0 Å². The second-order valence-corrected chi connectivity index (χ2v) is 7.93. The predicted molar refractivity (Wildman–Crippen MR) is 128 cm³/mol. The Kier molecular flexibility index (Phi) is 6.54. The quantitative estimate of drug-likeness (QED) is 0.362. The molecule has 5 nitrogen and oxygen atoms in total. The molecule has 0 fully saturated rings. The summed E-state index contributed by atoms with van der Waals surface area (Å²) in [6, 6.07) is 12.5. The smallest absolute Gasteiger partial charge is 0.337 e. The predicted octanol–water partition coefficient (Wildman–Crippen LogP) is 5.29. The number of carbonyl (C=O) groups is 1. The van der Waals surface area contributed by atoms with Gasteiger partial charge >= 0.3 is 5.97 Å². The molecule has 1 heterocycles. The second-order valence-electron chi connectivity index (χ2n) is 7.93. The van der Waals surface area contributed by atoms with Crippen molar-refractivity contribution in [3.63, 3.8) is 0 Å². The number of anilines is 2. The van der Waals surface area contributed by atoms with E-state index in [0.717, 1.165) is 39.6 Å². The monoisotopic (exact) mass is 418 g/mol. The number of esters is 1. The van der Waals surface area contributed by atoms with Crippen LogP contribution in [0.2, 0.25) is 0 Å². The van der Waals surface area contributed by atoms with Gasteiger partial charge in [0.2, 0.25) is 0 Å². The molecule has 0 atom stereocenters. The SMILES string of the molecule is C=C(/C=C(\C=C/C)C1c2ccc(N(C)C)cc2Oc2cc(N(C)C)ccc21)C(=O)OC. The minimum atomic E-state index is -0.444. The van der Waals surface area contributed by atoms with E-state index in [0.29, 0.717) is 5.57 Å². The molecule has 0 radical (unpaired) electrons. The molecule has 0 aliphatic carbocycles. The Morgan fingerprint density at radius 1 is 1.00 bits per heavy atom. The summed E-state index contributed by atoms with van der Waals surface area (Å²) >= 11 is 0. The van der Waals surface area contributed by atoms with Crippen LogP contribution in [0, 0.1) is 0 Å². The molecule has 0 unspecified atom stereocenters. The Hall–Kier alpha value is -3.47. The summed E-state index contributed by atoms with van der Waals surface area (Å²) in [6.45, 7) is 5.86. The number of benzene rings is 2. The molecule has 0 N–H and O–H groups in total. The topological polar surface area (TPSA) is 42.0 Å². The fourth-order valence-corrected chi connectivity index (χ4v) is 3.71. The Bertz CT molecular complexity index is 1010. The van der Waals surface area contributed by atoms with E-state index in [4.69, 9.17) is 9.47 Å². The molecule has 2 aromatic carbocycles. The van der Waals surface area contributed by atoms with Crippen molar-refractivity contribution in [2.75, 3.05) is 45.1 Å². The van der Waals surface area contributed by atoms with Crippen LogP contribution in [0.1, 0.15) is 24.0 Å². The molecule has 2 aromatic rings. The van der Waals surface area contributed by atoms with E-state index in [9.17, 15) is 4.79 Å². The molecule has 31 heavy (non-hydrogen) atoms. The van der Waals surface area contributed by atoms with Crippen LogP contribution < -0.4 is 14.5 Å². The molecule has 3 rings (SSSR count). The van der Waals surface area contributed by atoms with Crippen molar-refractivity contribution in [3.05, 3.63) is 83.5 Å². The minimum Gasteiger partial charge on any atom is -0.465 e. The summed E-state index contributed by atoms with van der Waals surface area (Å²) in [7, 11) is 9.38. The molecular weight excluding hydrogens is 388 g/mol. The fraction of sp³-hybridized carbons (Fsp3) is 0.269. The Labute approximate surface area is 184 Å². The van der Waals surface area contributed by atoms with Crippen molar-refractivity contribution in [1.82, 2.24) is 0 Å². The molecule has 162 valence electrons. The first-order valence-corrected chi connectivity index (χ1v) is 10.2. The van der Waals surface area contributed by atoms with Gasteiger partial charge < -0.3 is 19.3 Å². The number of methoxy groups -OCH3 is 1. The Morgan fingerprint density at radius 2 is 1.52 bits per heavy atom. The van der Waals surface area contributed by atoms with Crippen molar-refractivity contribution >= 4 is 17.3 Å². The average molecular weight is 419 g/mol. The van der Waals surface area contributed by atoms with E-state index in [2.05, 4.69) is 43.0 Å². The van der Waals surface area contributed by atoms with Gasteiger partial charge in [0.05, 0.1) is 12.7 Å². The summed E-state index contributed by atoms with van der Waals surface area (Å²) < 4.78 is 11.2. The van der Waals surface area contributed by atoms with Crippen molar-refractivity contribution < 1.29 is 14.3 Å². The van der Waals surface area contributed by atoms with Crippen molar-refractivity contribution in [2.45, 2.75) is 12.8 Å². The van der Waals surface area contributed by atoms with Crippen LogP contribution in [0.4, 0.5) is 11.4 Å². The van der Waals surface area contributed by atoms with E-state index in [1.165, 1.54) is 7.11 Å². The Balaban J connectivity index is 2.23. The first kappa shape index (κ1) is 22.2. The molecule has 1 aliphatic heterocycles. The number of nitrogens with zero attached hydrogens (tertiary/aromatic N) is 2. The second kappa shape index (κ2) is 9.13. The number of rotatable bonds is 6. The van der Waals surface area contributed by atoms with Gasteiger partial charge in [0.15, 0.2) is 0 Å². The Morgan fingerprint density at radius 3 is 1.94 bits per heavy atom. The van der Waals surface area contributed by atoms with Gasteiger partial charge in [0, 0.05) is 68.7 Å². The molecule has 0 aromatic heterocycles. The zero-order chi connectivity index (χ0) is 22.7. The molecule has 1 aliphatic rings. The van der Waals surface area contributed by atoms with Gasteiger partial charge in [0.25, 0.3) is 0 Å². The molecular formula is C26H30N2O3. The van der Waals surface area contributed by atoms with Crippen LogP contribution in [-0.2, 0) is 9.53 Å². The zero-order valence-electron chi connectivity index (χ0n) is 19.1. The third-order valence-electron chi connectivity index (χ3n) is 5.35. The highest BCUT2D eigenvalue weighted by Crippen LogP contribution is 2.49. The number of carbonyl (C=O) groups excluding carboxylic acids is 1. The molecule has 0 saturated heterocycles. The standard InChI is InChI=1S/C26H30N2O3/c1-8-9-18(14-17(2)26(29)30-7)25-21-12-10-19(27(3)4)15-23(21)31-24-16-20(28(5)6)11-13-22(24)25/h8-16,25H,2H2,1,3-7H3/b9-8-,18-14+. The summed E-state index contributed by atoms with van der Waals surface area (Å²) in [5, 5.41) is 0. The van der Waals surface area contributed by atoms with Crippen LogP contribution in [0.25, 0.3) is 0 Å². The van der Waals surface area contributed by atoms with Crippen LogP contribution in [0.5, 0.6) is 11.5 Å². The van der Waals surface area contributed by atoms with E-state index < -0.39 is 5.97 Å². The number of ether oxygens (including phenoxy) is 2. The van der Waals surface area contributed by atoms with E-state index in [1.54, 1.807) is 6.08 Å². The summed E-state index contributed by atoms with van der Waals surface area (Å²) in [5.74, 6) is 1.06. The lowest BCUT2D eigenvalue weighted by Gasteiger charge is -2.31. The van der Waals surface area contributed by atoms with E-state index in [-0.39, 0.29) is 5.92 Å². The average Bonchev–Trinajstić information content (AvgIpc) is 2.75. The lowest BCUT2D eigenvalue weighted by Crippen LogP contribution is -2.16. The molecule has 0 saturated carbocycles. The van der Waals surface area contributed by atoms with Crippen LogP contribution in [0.15, 0.2) is 72.4 Å². The van der Waals surface area contributed by atoms with Crippen LogP contribution in [0.3, 0.4) is 0 Å². The molecule has 5 heteroatoms. The van der Waals surface area contributed by atoms with Gasteiger partial charge in [-0.15, -0.1) is 0 Å². The van der Waals surface area contributed by atoms with E-state index in [1.807, 2.05) is 57.1 Å². The highest BCUT2D eigenvalue weighted by molar-refractivity contribution is 5.91. The van der Waals surface area contributed by atoms with Gasteiger partial charge in [-0.05, 0) is 30.7 Å². The fourth-order valence-electron chi connectivity index (χ4n) is 3.71. The number of fused-ring (bicyclic) bond motifs is 2. The largest absolute Gasteiger partial charge is 0.465 e. The normalized spacial score (nSPS) is 13.3. The molecule has 0 spiro atoms. The highest BCUT2D eigenvalue weighted by Gasteiger charge is 2.30. The van der Waals surface area contributed by atoms with Crippen molar-refractivity contribution in [3.8, 4) is 11.5 Å². The van der Waals surface area contributed by atoms with Crippen LogP contribution in [-0.4, -0.2) is 41.3 Å². The van der Waals surface area contributed by atoms with Gasteiger partial charge in [-0.25, -0.2) is 4.79 Å². The number of hydrogen-bond acceptors (Lipinski definition) is 5. The lowest BCUT2D eigenvalue weighted by atomic mass is 9.81. The number of allylic oxidation sites excluding steroid dienone is 3. The summed E-state index contributed by atoms with van der Waals surface area (Å²) in [6.07, 6.45) is 5.78. The first-order valence-electron chi connectivity index (χ1n) is 10.2. The summed E-state index contributed by atoms with van der Waals surface area (Å²) in [5.41, 5.74) is 5.44. The summed E-state index contributed by atoms with van der Waals surface area (Å²) in [4.78, 5) is 16.1. The minimum absolute atomic E-state index is 0.108. The van der Waals surface area contributed by atoms with Gasteiger partial charge in [-0.2, -0.15) is 0 Å². The van der Waals surface area contributed by atoms with Gasteiger partial charge in [-0.1, -0.05) is 30.9 Å². The highest BCUT2D eigenvalue weighted by atomic mass is 16.5. The van der Waals surface area contributed by atoms with Gasteiger partial charge in [0.1, 0.15) is 11.5 Å². The third kappa shape index (κ3) is 4.50. The number of hydrogen-bond donors (Lipinski definition) is 0. The van der Waals surface area contributed by atoms with E-state index >= 15 is 0 Å². The third-order valence-corrected chi connectivity index (χ3v) is 5.35. The van der Waals surface area contributed by atoms with Crippen molar-refractivity contribution in [1.29, 1.82) is 0 Å². The zero-order valence-corrected chi connectivity index (χ0v) is 19.1. The van der Waals surface area contributed by atoms with Gasteiger partial charge in [-0.3, -0.25) is 0 Å². The van der Waals surface area contributed by atoms with Crippen molar-refractivity contribution in [2.24, 2.45) is 0 Å². The first-order chi connectivity index (χ1) is 14.8.